The smallest absolute Gasteiger partial charge is 0.254 e. The number of carbonyl (C=O) groups is 1. The summed E-state index contributed by atoms with van der Waals surface area (Å²) in [6.07, 6.45) is 5.29. The van der Waals surface area contributed by atoms with Gasteiger partial charge in [-0.2, -0.15) is 5.10 Å². The number of hydrogen-bond donors (Lipinski definition) is 3. The van der Waals surface area contributed by atoms with Crippen molar-refractivity contribution in [2.24, 2.45) is 0 Å². The molecule has 1 saturated heterocycles. The number of carbonyl (C=O) groups excluding carboxylic acids is 1. The van der Waals surface area contributed by atoms with Crippen LogP contribution in [0.5, 0.6) is 0 Å². The van der Waals surface area contributed by atoms with Crippen molar-refractivity contribution in [3.05, 3.63) is 65.4 Å². The van der Waals surface area contributed by atoms with Gasteiger partial charge < -0.3 is 15.4 Å². The van der Waals surface area contributed by atoms with E-state index in [2.05, 4.69) is 25.8 Å². The average Bonchev–Trinajstić information content (AvgIpc) is 3.54. The van der Waals surface area contributed by atoms with Crippen LogP contribution < -0.4 is 10.6 Å². The van der Waals surface area contributed by atoms with Crippen molar-refractivity contribution in [3.8, 4) is 11.3 Å². The Hall–Kier alpha value is -3.72. The first-order valence-corrected chi connectivity index (χ1v) is 10.6. The Balaban J connectivity index is 1.36. The number of H-pyrrole nitrogens is 1. The minimum Gasteiger partial charge on any atom is -0.381 e. The first-order valence-electron chi connectivity index (χ1n) is 10.6. The zero-order chi connectivity index (χ0) is 21.7. The van der Waals surface area contributed by atoms with Crippen LogP contribution in [0, 0.1) is 5.82 Å². The normalized spacial score (nSPS) is 16.3. The van der Waals surface area contributed by atoms with Crippen LogP contribution in [0.1, 0.15) is 40.4 Å². The zero-order valence-electron chi connectivity index (χ0n) is 17.2. The highest BCUT2D eigenvalue weighted by Crippen LogP contribution is 2.36. The van der Waals surface area contributed by atoms with Gasteiger partial charge in [-0.1, -0.05) is 6.07 Å². The van der Waals surface area contributed by atoms with Gasteiger partial charge in [-0.05, 0) is 30.5 Å². The van der Waals surface area contributed by atoms with Crippen LogP contribution in [0.25, 0.3) is 16.9 Å². The number of aromatic amines is 1. The molecule has 3 aromatic heterocycles. The van der Waals surface area contributed by atoms with E-state index in [-0.39, 0.29) is 11.7 Å². The minimum atomic E-state index is -0.338. The van der Waals surface area contributed by atoms with E-state index in [1.165, 1.54) is 12.1 Å². The third kappa shape index (κ3) is 3.13. The topological polar surface area (TPSA) is 96.3 Å². The molecule has 0 radical (unpaired) electrons. The molecule has 1 aromatic carbocycles. The second kappa shape index (κ2) is 7.45. The van der Waals surface area contributed by atoms with Gasteiger partial charge in [0.25, 0.3) is 5.91 Å². The number of fused-ring (bicyclic) bond motifs is 2. The van der Waals surface area contributed by atoms with Gasteiger partial charge in [0.2, 0.25) is 0 Å². The maximum Gasteiger partial charge on any atom is 0.254 e. The predicted molar refractivity (Wildman–Crippen MR) is 116 cm³/mol. The van der Waals surface area contributed by atoms with E-state index in [0.29, 0.717) is 35.2 Å². The molecular formula is C23H21FN6O2. The number of nitrogens with zero attached hydrogens (tertiary/aromatic N) is 3. The zero-order valence-corrected chi connectivity index (χ0v) is 17.2. The highest BCUT2D eigenvalue weighted by molar-refractivity contribution is 6.06. The lowest BCUT2D eigenvalue weighted by Gasteiger charge is -2.20. The Morgan fingerprint density at radius 1 is 1.19 bits per heavy atom. The molecule has 4 aromatic rings. The molecule has 0 spiro atoms. The van der Waals surface area contributed by atoms with Gasteiger partial charge >= 0.3 is 0 Å². The molecule has 162 valence electrons. The number of amides is 1. The van der Waals surface area contributed by atoms with Gasteiger partial charge in [0.05, 0.1) is 23.1 Å². The van der Waals surface area contributed by atoms with Crippen LogP contribution in [-0.2, 0) is 11.3 Å². The predicted octanol–water partition coefficient (Wildman–Crippen LogP) is 3.74. The molecule has 0 bridgehead atoms. The third-order valence-corrected chi connectivity index (χ3v) is 6.24. The molecule has 1 fully saturated rings. The molecule has 32 heavy (non-hydrogen) atoms. The van der Waals surface area contributed by atoms with E-state index in [0.717, 1.165) is 48.6 Å². The van der Waals surface area contributed by atoms with Gasteiger partial charge in [-0.3, -0.25) is 14.3 Å². The fraction of sp³-hybridized carbons (Fsp3) is 0.261. The van der Waals surface area contributed by atoms with E-state index < -0.39 is 0 Å². The number of benzene rings is 1. The summed E-state index contributed by atoms with van der Waals surface area (Å²) in [5.41, 5.74) is 5.45. The van der Waals surface area contributed by atoms with Gasteiger partial charge in [0.1, 0.15) is 11.5 Å². The Labute approximate surface area is 182 Å². The van der Waals surface area contributed by atoms with Gasteiger partial charge in [0, 0.05) is 55.3 Å². The summed E-state index contributed by atoms with van der Waals surface area (Å²) in [6, 6.07) is 8.62. The number of halogens is 1. The van der Waals surface area contributed by atoms with Crippen molar-refractivity contribution < 1.29 is 13.9 Å². The number of pyridine rings is 1. The van der Waals surface area contributed by atoms with E-state index in [1.54, 1.807) is 12.4 Å². The average molecular weight is 432 g/mol. The van der Waals surface area contributed by atoms with E-state index >= 15 is 0 Å². The fourth-order valence-electron chi connectivity index (χ4n) is 4.60. The molecule has 2 aliphatic heterocycles. The molecule has 3 N–H and O–H groups in total. The number of hydrogen-bond acceptors (Lipinski definition) is 5. The Kier molecular flexibility index (Phi) is 4.43. The van der Waals surface area contributed by atoms with Crippen LogP contribution in [0.3, 0.4) is 0 Å². The molecule has 0 aliphatic carbocycles. The Bertz CT molecular complexity index is 1340. The summed E-state index contributed by atoms with van der Waals surface area (Å²) in [5.74, 6) is 0.606. The molecule has 0 unspecified atom stereocenters. The van der Waals surface area contributed by atoms with Gasteiger partial charge in [0.15, 0.2) is 5.82 Å². The maximum atomic E-state index is 13.6. The fourth-order valence-corrected chi connectivity index (χ4v) is 4.60. The lowest BCUT2D eigenvalue weighted by Crippen LogP contribution is -2.14. The summed E-state index contributed by atoms with van der Waals surface area (Å²) in [5, 5.41) is 13.7. The summed E-state index contributed by atoms with van der Waals surface area (Å²) < 4.78 is 20.8. The number of ether oxygens (including phenoxy) is 1. The molecule has 6 rings (SSSR count). The molecule has 0 atom stereocenters. The van der Waals surface area contributed by atoms with Crippen LogP contribution in [0.2, 0.25) is 0 Å². The first kappa shape index (κ1) is 19.0. The Morgan fingerprint density at radius 2 is 2.06 bits per heavy atom. The van der Waals surface area contributed by atoms with Crippen LogP contribution in [-0.4, -0.2) is 38.7 Å². The highest BCUT2D eigenvalue weighted by atomic mass is 19.1. The van der Waals surface area contributed by atoms with Crippen molar-refractivity contribution in [2.75, 3.05) is 18.5 Å². The van der Waals surface area contributed by atoms with Crippen LogP contribution in [0.4, 0.5) is 15.9 Å². The van der Waals surface area contributed by atoms with Gasteiger partial charge in [-0.15, -0.1) is 0 Å². The van der Waals surface area contributed by atoms with Crippen molar-refractivity contribution >= 4 is 23.1 Å². The van der Waals surface area contributed by atoms with Gasteiger partial charge in [-0.25, -0.2) is 9.37 Å². The molecule has 0 saturated carbocycles. The first-order chi connectivity index (χ1) is 15.7. The number of nitrogens with one attached hydrogen (secondary N) is 3. The summed E-state index contributed by atoms with van der Waals surface area (Å²) in [7, 11) is 0. The molecule has 1 amide bonds. The number of aromatic nitrogens is 4. The second-order valence-electron chi connectivity index (χ2n) is 8.13. The molecular weight excluding hydrogens is 411 g/mol. The van der Waals surface area contributed by atoms with Crippen LogP contribution >= 0.6 is 0 Å². The van der Waals surface area contributed by atoms with Crippen molar-refractivity contribution in [1.82, 2.24) is 24.9 Å². The second-order valence-corrected chi connectivity index (χ2v) is 8.13. The van der Waals surface area contributed by atoms with E-state index in [9.17, 15) is 9.18 Å². The van der Waals surface area contributed by atoms with E-state index in [4.69, 9.17) is 4.74 Å². The van der Waals surface area contributed by atoms with Crippen molar-refractivity contribution in [1.29, 1.82) is 0 Å². The third-order valence-electron chi connectivity index (χ3n) is 6.24. The molecule has 2 aliphatic rings. The lowest BCUT2D eigenvalue weighted by molar-refractivity contribution is 0.0845. The number of imidazole rings is 1. The van der Waals surface area contributed by atoms with Crippen molar-refractivity contribution in [3.63, 3.8) is 0 Å². The number of rotatable bonds is 4. The van der Waals surface area contributed by atoms with E-state index in [1.807, 2.05) is 22.6 Å². The molecule has 5 heterocycles. The summed E-state index contributed by atoms with van der Waals surface area (Å²) >= 11 is 0. The number of anilines is 2. The molecule has 8 nitrogen and oxygen atoms in total. The van der Waals surface area contributed by atoms with Crippen LogP contribution in [0.15, 0.2) is 42.7 Å². The Morgan fingerprint density at radius 3 is 2.94 bits per heavy atom. The SMILES string of the molecule is O=C1NCc2c(-c3cnc4cc(F)ccn34)ccc(Nc3cc(C4CCOCC4)[nH]n3)c21. The monoisotopic (exact) mass is 432 g/mol. The summed E-state index contributed by atoms with van der Waals surface area (Å²) in [4.78, 5) is 17.0. The van der Waals surface area contributed by atoms with Crippen molar-refractivity contribution in [2.45, 2.75) is 25.3 Å². The largest absolute Gasteiger partial charge is 0.381 e. The lowest BCUT2D eigenvalue weighted by atomic mass is 9.97. The maximum absolute atomic E-state index is 13.6. The minimum absolute atomic E-state index is 0.135. The quantitative estimate of drug-likeness (QED) is 0.457. The standard InChI is InChI=1S/C23H21FN6O2/c24-14-3-6-30-19(12-25-21(30)9-14)15-1-2-17(22-16(15)11-26-23(22)31)27-20-10-18(28-29-20)13-4-7-32-8-5-13/h1-3,6,9-10,12-13H,4-5,7-8,11H2,(H,26,31)(H2,27,28,29). The highest BCUT2D eigenvalue weighted by Gasteiger charge is 2.27. The summed E-state index contributed by atoms with van der Waals surface area (Å²) in [6.45, 7) is 1.94. The molecule has 9 heteroatoms.